The van der Waals surface area contributed by atoms with Crippen LogP contribution in [0.2, 0.25) is 0 Å². The van der Waals surface area contributed by atoms with Crippen LogP contribution in [0.1, 0.15) is 10.4 Å². The zero-order chi connectivity index (χ0) is 14.9. The fraction of sp³-hybridized carbons (Fsp3) is 0.167. The molecule has 20 heavy (non-hydrogen) atoms. The second-order valence-electron chi connectivity index (χ2n) is 3.90. The summed E-state index contributed by atoms with van der Waals surface area (Å²) in [6.45, 7) is 0. The zero-order valence-electron chi connectivity index (χ0n) is 10.2. The molecule has 2 rings (SSSR count). The minimum Gasteiger partial charge on any atom is -0.478 e. The summed E-state index contributed by atoms with van der Waals surface area (Å²) in [4.78, 5) is 11.0. The first-order valence-electron chi connectivity index (χ1n) is 5.39. The molecule has 8 heteroatoms. The highest BCUT2D eigenvalue weighted by Crippen LogP contribution is 2.30. The van der Waals surface area contributed by atoms with Crippen molar-refractivity contribution in [2.75, 3.05) is 0 Å². The van der Waals surface area contributed by atoms with Gasteiger partial charge in [-0.15, -0.1) is 13.2 Å². The highest BCUT2D eigenvalue weighted by Gasteiger charge is 2.33. The number of aryl methyl sites for hydroxylation is 1. The number of hydrogen-bond donors (Lipinski definition) is 1. The first kappa shape index (κ1) is 13.9. The molecule has 106 valence electrons. The van der Waals surface area contributed by atoms with Crippen molar-refractivity contribution < 1.29 is 27.8 Å². The van der Waals surface area contributed by atoms with Crippen LogP contribution >= 0.6 is 0 Å². The minimum atomic E-state index is -4.95. The number of alkyl halides is 3. The van der Waals surface area contributed by atoms with Gasteiger partial charge in [0.05, 0.1) is 5.69 Å². The van der Waals surface area contributed by atoms with Gasteiger partial charge in [-0.1, -0.05) is 0 Å². The fourth-order valence-electron chi connectivity index (χ4n) is 1.73. The van der Waals surface area contributed by atoms with E-state index >= 15 is 0 Å². The smallest absolute Gasteiger partial charge is 0.478 e. The SMILES string of the molecule is Cn1nccc1-c1ccc(OC(F)(F)F)c(C(=O)O)c1. The zero-order valence-corrected chi connectivity index (χ0v) is 10.2. The maximum atomic E-state index is 12.2. The number of hydrogen-bond acceptors (Lipinski definition) is 3. The third-order valence-electron chi connectivity index (χ3n) is 2.55. The van der Waals surface area contributed by atoms with Gasteiger partial charge >= 0.3 is 12.3 Å². The lowest BCUT2D eigenvalue weighted by molar-refractivity contribution is -0.274. The van der Waals surface area contributed by atoms with Crippen molar-refractivity contribution in [2.24, 2.45) is 7.05 Å². The maximum Gasteiger partial charge on any atom is 0.573 e. The molecule has 0 radical (unpaired) electrons. The monoisotopic (exact) mass is 286 g/mol. The van der Waals surface area contributed by atoms with Crippen molar-refractivity contribution in [3.8, 4) is 17.0 Å². The third-order valence-corrected chi connectivity index (χ3v) is 2.55. The second-order valence-corrected chi connectivity index (χ2v) is 3.90. The Morgan fingerprint density at radius 1 is 1.35 bits per heavy atom. The van der Waals surface area contributed by atoms with Crippen LogP contribution in [-0.4, -0.2) is 27.2 Å². The van der Waals surface area contributed by atoms with Crippen molar-refractivity contribution in [1.82, 2.24) is 9.78 Å². The molecule has 0 fully saturated rings. The van der Waals surface area contributed by atoms with Gasteiger partial charge in [0.25, 0.3) is 0 Å². The van der Waals surface area contributed by atoms with Gasteiger partial charge in [-0.3, -0.25) is 4.68 Å². The standard InChI is InChI=1S/C12H9F3N2O3/c1-17-9(4-5-16-17)7-2-3-10(20-12(13,14)15)8(6-7)11(18)19/h2-6H,1H3,(H,18,19). The van der Waals surface area contributed by atoms with Crippen LogP contribution < -0.4 is 4.74 Å². The molecule has 1 heterocycles. The molecule has 1 aromatic carbocycles. The summed E-state index contributed by atoms with van der Waals surface area (Å²) in [7, 11) is 1.63. The van der Waals surface area contributed by atoms with Gasteiger partial charge in [0, 0.05) is 18.8 Å². The average molecular weight is 286 g/mol. The highest BCUT2D eigenvalue weighted by atomic mass is 19.4. The summed E-state index contributed by atoms with van der Waals surface area (Å²) < 4.78 is 41.8. The van der Waals surface area contributed by atoms with Crippen molar-refractivity contribution in [3.05, 3.63) is 36.0 Å². The molecule has 0 saturated carbocycles. The van der Waals surface area contributed by atoms with Gasteiger partial charge in [-0.25, -0.2) is 4.79 Å². The molecule has 0 aliphatic rings. The van der Waals surface area contributed by atoms with Crippen molar-refractivity contribution >= 4 is 5.97 Å². The normalized spacial score (nSPS) is 11.4. The van der Waals surface area contributed by atoms with Crippen LogP contribution in [0.15, 0.2) is 30.5 Å². The third kappa shape index (κ3) is 2.90. The molecule has 0 aliphatic carbocycles. The Hall–Kier alpha value is -2.51. The Balaban J connectivity index is 2.48. The molecular weight excluding hydrogens is 277 g/mol. The first-order valence-corrected chi connectivity index (χ1v) is 5.39. The molecule has 2 aromatic rings. The van der Waals surface area contributed by atoms with Crippen LogP contribution in [0.5, 0.6) is 5.75 Å². The van der Waals surface area contributed by atoms with E-state index in [1.54, 1.807) is 13.1 Å². The van der Waals surface area contributed by atoms with E-state index in [1.165, 1.54) is 16.9 Å². The lowest BCUT2D eigenvalue weighted by Crippen LogP contribution is -2.19. The van der Waals surface area contributed by atoms with E-state index < -0.39 is 23.6 Å². The van der Waals surface area contributed by atoms with E-state index in [4.69, 9.17) is 5.11 Å². The van der Waals surface area contributed by atoms with E-state index in [0.29, 0.717) is 11.3 Å². The van der Waals surface area contributed by atoms with Crippen LogP contribution in [0, 0.1) is 0 Å². The molecule has 0 unspecified atom stereocenters. The molecule has 0 bridgehead atoms. The van der Waals surface area contributed by atoms with E-state index in [-0.39, 0.29) is 0 Å². The number of rotatable bonds is 3. The predicted octanol–water partition coefficient (Wildman–Crippen LogP) is 2.68. The summed E-state index contributed by atoms with van der Waals surface area (Å²) in [6, 6.07) is 5.04. The van der Waals surface area contributed by atoms with Gasteiger partial charge in [-0.2, -0.15) is 5.10 Å². The molecular formula is C12H9F3N2O3. The van der Waals surface area contributed by atoms with Gasteiger partial charge in [0.2, 0.25) is 0 Å². The number of nitrogens with zero attached hydrogens (tertiary/aromatic N) is 2. The topological polar surface area (TPSA) is 64.4 Å². The van der Waals surface area contributed by atoms with E-state index in [0.717, 1.165) is 12.1 Å². The van der Waals surface area contributed by atoms with Crippen molar-refractivity contribution in [3.63, 3.8) is 0 Å². The second kappa shape index (κ2) is 4.87. The van der Waals surface area contributed by atoms with Crippen LogP contribution in [-0.2, 0) is 7.05 Å². The first-order chi connectivity index (χ1) is 9.28. The molecule has 0 atom stereocenters. The highest BCUT2D eigenvalue weighted by molar-refractivity contribution is 5.92. The summed E-state index contributed by atoms with van der Waals surface area (Å²) in [5.41, 5.74) is 0.434. The van der Waals surface area contributed by atoms with Gasteiger partial charge < -0.3 is 9.84 Å². The number of halogens is 3. The summed E-state index contributed by atoms with van der Waals surface area (Å²) in [5.74, 6) is -2.26. The van der Waals surface area contributed by atoms with Gasteiger partial charge in [0.15, 0.2) is 0 Å². The Bertz CT molecular complexity index is 650. The van der Waals surface area contributed by atoms with E-state index in [2.05, 4.69) is 9.84 Å². The minimum absolute atomic E-state index is 0.428. The molecule has 0 saturated heterocycles. The number of carboxylic acids is 1. The molecule has 0 spiro atoms. The van der Waals surface area contributed by atoms with Crippen LogP contribution in [0.4, 0.5) is 13.2 Å². The lowest BCUT2D eigenvalue weighted by Gasteiger charge is -2.12. The Morgan fingerprint density at radius 2 is 2.05 bits per heavy atom. The lowest BCUT2D eigenvalue weighted by atomic mass is 10.1. The van der Waals surface area contributed by atoms with Crippen LogP contribution in [0.3, 0.4) is 0 Å². The van der Waals surface area contributed by atoms with E-state index in [9.17, 15) is 18.0 Å². The molecule has 0 amide bonds. The van der Waals surface area contributed by atoms with E-state index in [1.807, 2.05) is 0 Å². The Labute approximate surface area is 111 Å². The molecule has 5 nitrogen and oxygen atoms in total. The summed E-state index contributed by atoms with van der Waals surface area (Å²) in [6.07, 6.45) is -3.45. The number of carbonyl (C=O) groups is 1. The molecule has 0 aliphatic heterocycles. The fourth-order valence-corrected chi connectivity index (χ4v) is 1.73. The van der Waals surface area contributed by atoms with Gasteiger partial charge in [-0.05, 0) is 24.3 Å². The average Bonchev–Trinajstić information content (AvgIpc) is 2.73. The quantitative estimate of drug-likeness (QED) is 0.942. The summed E-state index contributed by atoms with van der Waals surface area (Å²) >= 11 is 0. The maximum absolute atomic E-state index is 12.2. The van der Waals surface area contributed by atoms with Crippen molar-refractivity contribution in [2.45, 2.75) is 6.36 Å². The van der Waals surface area contributed by atoms with Crippen molar-refractivity contribution in [1.29, 1.82) is 0 Å². The molecule has 1 aromatic heterocycles. The largest absolute Gasteiger partial charge is 0.573 e. The Morgan fingerprint density at radius 3 is 2.55 bits per heavy atom. The number of ether oxygens (including phenoxy) is 1. The summed E-state index contributed by atoms with van der Waals surface area (Å²) in [5, 5.41) is 12.9. The molecule has 1 N–H and O–H groups in total. The Kier molecular flexibility index (Phi) is 3.39. The number of aromatic nitrogens is 2. The predicted molar refractivity (Wildman–Crippen MR) is 62.3 cm³/mol. The van der Waals surface area contributed by atoms with Crippen LogP contribution in [0.25, 0.3) is 11.3 Å². The number of benzene rings is 1. The van der Waals surface area contributed by atoms with Gasteiger partial charge in [0.1, 0.15) is 11.3 Å². The number of carboxylic acid groups (broad SMARTS) is 1. The number of aromatic carboxylic acids is 1.